The van der Waals surface area contributed by atoms with Gasteiger partial charge in [0.15, 0.2) is 0 Å². The second-order valence-electron chi connectivity index (χ2n) is 5.42. The first-order valence-corrected chi connectivity index (χ1v) is 7.12. The Morgan fingerprint density at radius 3 is 2.05 bits per heavy atom. The maximum absolute atomic E-state index is 10.1. The normalized spacial score (nSPS) is 11.0. The lowest BCUT2D eigenvalue weighted by Gasteiger charge is -2.08. The molecule has 0 radical (unpaired) electrons. The molecular weight excluding hydrogens is 276 g/mol. The molecule has 22 heavy (non-hydrogen) atoms. The molecule has 3 heteroatoms. The smallest absolute Gasteiger partial charge is 0.123 e. The minimum Gasteiger partial charge on any atom is -0.508 e. The van der Waals surface area contributed by atoms with Gasteiger partial charge < -0.3 is 15.3 Å². The van der Waals surface area contributed by atoms with Crippen molar-refractivity contribution in [2.75, 3.05) is 0 Å². The average Bonchev–Trinajstić information content (AvgIpc) is 2.45. The third-order valence-electron chi connectivity index (χ3n) is 3.39. The van der Waals surface area contributed by atoms with Gasteiger partial charge in [-0.1, -0.05) is 29.9 Å². The van der Waals surface area contributed by atoms with Crippen LogP contribution in [-0.4, -0.2) is 15.3 Å². The van der Waals surface area contributed by atoms with Crippen LogP contribution < -0.4 is 0 Å². The van der Waals surface area contributed by atoms with Crippen molar-refractivity contribution in [3.05, 3.63) is 65.2 Å². The van der Waals surface area contributed by atoms with E-state index in [-0.39, 0.29) is 17.2 Å². The van der Waals surface area contributed by atoms with E-state index < -0.39 is 0 Å². The van der Waals surface area contributed by atoms with E-state index >= 15 is 0 Å². The van der Waals surface area contributed by atoms with Gasteiger partial charge in [-0.2, -0.15) is 0 Å². The Kier molecular flexibility index (Phi) is 4.89. The predicted octanol–water partition coefficient (Wildman–Crippen LogP) is 4.48. The first-order valence-electron chi connectivity index (χ1n) is 7.12. The van der Waals surface area contributed by atoms with Crippen LogP contribution in [0.25, 0.3) is 12.2 Å². The van der Waals surface area contributed by atoms with E-state index in [0.29, 0.717) is 17.5 Å². The highest BCUT2D eigenvalue weighted by Crippen LogP contribution is 2.31. The first-order chi connectivity index (χ1) is 10.5. The van der Waals surface area contributed by atoms with Crippen LogP contribution in [0.15, 0.2) is 48.6 Å². The Morgan fingerprint density at radius 1 is 0.955 bits per heavy atom. The zero-order valence-corrected chi connectivity index (χ0v) is 12.6. The van der Waals surface area contributed by atoms with Gasteiger partial charge in [0.05, 0.1) is 0 Å². The van der Waals surface area contributed by atoms with Crippen LogP contribution >= 0.6 is 0 Å². The summed E-state index contributed by atoms with van der Waals surface area (Å²) in [6.45, 7) is 5.74. The zero-order chi connectivity index (χ0) is 16.1. The standard InChI is InChI=1S/C19H20O3/c1-13(2)3-10-17-18(21)11-15(12-19(17)22)5-4-14-6-8-16(20)9-7-14/h4-9,11-12,20-22H,1,3,10H2,2H3. The number of phenols is 3. The summed E-state index contributed by atoms with van der Waals surface area (Å²) >= 11 is 0. The van der Waals surface area contributed by atoms with Crippen LogP contribution in [0.4, 0.5) is 0 Å². The van der Waals surface area contributed by atoms with Gasteiger partial charge in [-0.05, 0) is 55.2 Å². The maximum Gasteiger partial charge on any atom is 0.123 e. The summed E-state index contributed by atoms with van der Waals surface area (Å²) in [5.74, 6) is 0.396. The molecule has 0 amide bonds. The van der Waals surface area contributed by atoms with Crippen molar-refractivity contribution in [1.29, 1.82) is 0 Å². The Balaban J connectivity index is 2.19. The maximum atomic E-state index is 10.1. The highest BCUT2D eigenvalue weighted by molar-refractivity contribution is 5.71. The molecule has 0 saturated carbocycles. The van der Waals surface area contributed by atoms with Gasteiger partial charge in [-0.15, -0.1) is 6.58 Å². The van der Waals surface area contributed by atoms with E-state index in [2.05, 4.69) is 6.58 Å². The largest absolute Gasteiger partial charge is 0.508 e. The van der Waals surface area contributed by atoms with Gasteiger partial charge in [0, 0.05) is 5.56 Å². The number of rotatable bonds is 5. The summed E-state index contributed by atoms with van der Waals surface area (Å²) in [5, 5.41) is 29.4. The van der Waals surface area contributed by atoms with Gasteiger partial charge in [-0.25, -0.2) is 0 Å². The number of aromatic hydroxyl groups is 3. The second kappa shape index (κ2) is 6.85. The molecule has 2 aromatic rings. The molecule has 0 atom stereocenters. The summed E-state index contributed by atoms with van der Waals surface area (Å²) in [7, 11) is 0. The quantitative estimate of drug-likeness (QED) is 0.563. The molecule has 2 rings (SSSR count). The molecule has 0 unspecified atom stereocenters. The fourth-order valence-electron chi connectivity index (χ4n) is 2.13. The molecule has 3 N–H and O–H groups in total. The molecule has 0 bridgehead atoms. The molecule has 0 fully saturated rings. The molecule has 0 heterocycles. The second-order valence-corrected chi connectivity index (χ2v) is 5.42. The van der Waals surface area contributed by atoms with Crippen molar-refractivity contribution in [1.82, 2.24) is 0 Å². The highest BCUT2D eigenvalue weighted by Gasteiger charge is 2.08. The lowest BCUT2D eigenvalue weighted by molar-refractivity contribution is 0.438. The van der Waals surface area contributed by atoms with Crippen molar-refractivity contribution in [2.45, 2.75) is 19.8 Å². The summed E-state index contributed by atoms with van der Waals surface area (Å²) in [6.07, 6.45) is 4.94. The van der Waals surface area contributed by atoms with E-state index in [4.69, 9.17) is 0 Å². The predicted molar refractivity (Wildman–Crippen MR) is 89.9 cm³/mol. The van der Waals surface area contributed by atoms with E-state index in [0.717, 1.165) is 17.6 Å². The van der Waals surface area contributed by atoms with E-state index in [1.807, 2.05) is 13.0 Å². The molecule has 2 aromatic carbocycles. The summed E-state index contributed by atoms with van der Waals surface area (Å²) in [4.78, 5) is 0. The molecule has 0 spiro atoms. The van der Waals surface area contributed by atoms with E-state index in [9.17, 15) is 15.3 Å². The van der Waals surface area contributed by atoms with Crippen molar-refractivity contribution in [2.24, 2.45) is 0 Å². The van der Waals surface area contributed by atoms with Crippen LogP contribution in [-0.2, 0) is 6.42 Å². The Hall–Kier alpha value is -2.68. The lowest BCUT2D eigenvalue weighted by atomic mass is 10.0. The van der Waals surface area contributed by atoms with Crippen molar-refractivity contribution < 1.29 is 15.3 Å². The summed E-state index contributed by atoms with van der Waals surface area (Å²) in [5.41, 5.74) is 3.19. The van der Waals surface area contributed by atoms with Crippen LogP contribution in [0.1, 0.15) is 30.0 Å². The number of phenolic OH excluding ortho intramolecular Hbond substituents is 3. The Labute approximate surface area is 130 Å². The molecule has 3 nitrogen and oxygen atoms in total. The molecule has 114 valence electrons. The molecular formula is C19H20O3. The zero-order valence-electron chi connectivity index (χ0n) is 12.6. The lowest BCUT2D eigenvalue weighted by Crippen LogP contribution is -1.89. The number of hydrogen-bond acceptors (Lipinski definition) is 3. The van der Waals surface area contributed by atoms with Crippen LogP contribution in [0.3, 0.4) is 0 Å². The molecule has 0 aliphatic carbocycles. The van der Waals surface area contributed by atoms with Crippen LogP contribution in [0, 0.1) is 0 Å². The van der Waals surface area contributed by atoms with Gasteiger partial charge in [-0.3, -0.25) is 0 Å². The first kappa shape index (κ1) is 15.7. The summed E-state index contributed by atoms with van der Waals surface area (Å²) < 4.78 is 0. The van der Waals surface area contributed by atoms with Crippen LogP contribution in [0.5, 0.6) is 17.2 Å². The monoisotopic (exact) mass is 296 g/mol. The van der Waals surface area contributed by atoms with Gasteiger partial charge >= 0.3 is 0 Å². The molecule has 0 saturated heterocycles. The fraction of sp³-hybridized carbons (Fsp3) is 0.158. The number of hydrogen-bond donors (Lipinski definition) is 3. The minimum absolute atomic E-state index is 0.0895. The van der Waals surface area contributed by atoms with E-state index in [1.165, 1.54) is 0 Å². The SMILES string of the molecule is C=C(C)CCc1c(O)cc(C=Cc2ccc(O)cc2)cc1O. The Morgan fingerprint density at radius 2 is 1.50 bits per heavy atom. The third kappa shape index (κ3) is 4.16. The number of benzene rings is 2. The minimum atomic E-state index is 0.0895. The molecule has 0 aromatic heterocycles. The highest BCUT2D eigenvalue weighted by atomic mass is 16.3. The fourth-order valence-corrected chi connectivity index (χ4v) is 2.13. The Bertz CT molecular complexity index is 674. The third-order valence-corrected chi connectivity index (χ3v) is 3.39. The van der Waals surface area contributed by atoms with Crippen molar-refractivity contribution in [3.63, 3.8) is 0 Å². The van der Waals surface area contributed by atoms with Gasteiger partial charge in [0.25, 0.3) is 0 Å². The average molecular weight is 296 g/mol. The van der Waals surface area contributed by atoms with Crippen molar-refractivity contribution in [3.8, 4) is 17.2 Å². The number of allylic oxidation sites excluding steroid dienone is 1. The van der Waals surface area contributed by atoms with Crippen LogP contribution in [0.2, 0.25) is 0 Å². The summed E-state index contributed by atoms with van der Waals surface area (Å²) in [6, 6.07) is 10.0. The van der Waals surface area contributed by atoms with Crippen molar-refractivity contribution >= 4 is 12.2 Å². The van der Waals surface area contributed by atoms with Gasteiger partial charge in [0.2, 0.25) is 0 Å². The molecule has 0 aliphatic heterocycles. The molecule has 0 aliphatic rings. The topological polar surface area (TPSA) is 60.7 Å². The van der Waals surface area contributed by atoms with E-state index in [1.54, 1.807) is 42.5 Å². The van der Waals surface area contributed by atoms with Gasteiger partial charge in [0.1, 0.15) is 17.2 Å².